The Morgan fingerprint density at radius 3 is 2.23 bits per heavy atom. The molecule has 2 aromatic carbocycles. The molecule has 6 nitrogen and oxygen atoms in total. The summed E-state index contributed by atoms with van der Waals surface area (Å²) in [6, 6.07) is 19.0. The minimum absolute atomic E-state index is 0.214. The normalized spacial score (nSPS) is 10.5. The zero-order valence-corrected chi connectivity index (χ0v) is 17.6. The van der Waals surface area contributed by atoms with Gasteiger partial charge in [0.1, 0.15) is 0 Å². The molecule has 0 saturated carbocycles. The molecular formula is C24H27N3O3. The number of carbonyl (C=O) groups is 2. The topological polar surface area (TPSA) is 74.4 Å². The molecule has 2 N–H and O–H groups in total. The number of esters is 1. The van der Waals surface area contributed by atoms with E-state index in [0.29, 0.717) is 25.3 Å². The van der Waals surface area contributed by atoms with Gasteiger partial charge in [-0.15, -0.1) is 0 Å². The summed E-state index contributed by atoms with van der Waals surface area (Å²) in [6.45, 7) is 6.59. The van der Waals surface area contributed by atoms with Gasteiger partial charge in [-0.25, -0.2) is 9.59 Å². The maximum atomic E-state index is 13.1. The molecule has 0 saturated heterocycles. The number of H-pyrrole nitrogens is 1. The van der Waals surface area contributed by atoms with Crippen LogP contribution in [0.3, 0.4) is 0 Å². The van der Waals surface area contributed by atoms with Crippen LogP contribution in [0.4, 0.5) is 10.5 Å². The largest absolute Gasteiger partial charge is 0.462 e. The third kappa shape index (κ3) is 5.08. The Bertz CT molecular complexity index is 997. The number of aromatic nitrogens is 1. The fourth-order valence-electron chi connectivity index (χ4n) is 3.40. The SMILES string of the molecule is CCOC(=O)c1c(C)[nH]c(CN(Cc2ccccc2)C(=O)Nc2ccccc2)c1C. The van der Waals surface area contributed by atoms with Crippen LogP contribution in [-0.4, -0.2) is 28.5 Å². The number of amides is 2. The second-order valence-corrected chi connectivity index (χ2v) is 7.09. The van der Waals surface area contributed by atoms with Crippen LogP contribution in [0.15, 0.2) is 60.7 Å². The number of anilines is 1. The number of aryl methyl sites for hydroxylation is 1. The Balaban J connectivity index is 1.86. The van der Waals surface area contributed by atoms with Crippen LogP contribution in [0.1, 0.15) is 39.8 Å². The summed E-state index contributed by atoms with van der Waals surface area (Å²) < 4.78 is 5.18. The molecule has 3 rings (SSSR count). The summed E-state index contributed by atoms with van der Waals surface area (Å²) in [5.74, 6) is -0.349. The quantitative estimate of drug-likeness (QED) is 0.541. The highest BCUT2D eigenvalue weighted by Crippen LogP contribution is 2.22. The first-order valence-corrected chi connectivity index (χ1v) is 9.99. The van der Waals surface area contributed by atoms with Crippen molar-refractivity contribution in [2.45, 2.75) is 33.9 Å². The van der Waals surface area contributed by atoms with E-state index in [1.807, 2.05) is 74.5 Å². The molecule has 0 bridgehead atoms. The molecule has 156 valence electrons. The number of hydrogen-bond acceptors (Lipinski definition) is 3. The van der Waals surface area contributed by atoms with Crippen LogP contribution < -0.4 is 5.32 Å². The van der Waals surface area contributed by atoms with E-state index >= 15 is 0 Å². The van der Waals surface area contributed by atoms with E-state index in [1.165, 1.54) is 0 Å². The van der Waals surface area contributed by atoms with Crippen LogP contribution in [0.5, 0.6) is 0 Å². The van der Waals surface area contributed by atoms with E-state index in [0.717, 1.165) is 28.2 Å². The minimum Gasteiger partial charge on any atom is -0.462 e. The summed E-state index contributed by atoms with van der Waals surface area (Å²) >= 11 is 0. The number of carbonyl (C=O) groups excluding carboxylic acids is 2. The van der Waals surface area contributed by atoms with Gasteiger partial charge in [-0.2, -0.15) is 0 Å². The van der Waals surface area contributed by atoms with Crippen LogP contribution in [0.25, 0.3) is 0 Å². The van der Waals surface area contributed by atoms with E-state index in [4.69, 9.17) is 4.74 Å². The molecule has 0 atom stereocenters. The maximum absolute atomic E-state index is 13.1. The summed E-state index contributed by atoms with van der Waals surface area (Å²) in [5.41, 5.74) is 4.64. The molecule has 1 heterocycles. The number of rotatable bonds is 7. The number of ether oxygens (including phenoxy) is 1. The van der Waals surface area contributed by atoms with Gasteiger partial charge in [-0.3, -0.25) is 0 Å². The van der Waals surface area contributed by atoms with Crippen LogP contribution in [0, 0.1) is 13.8 Å². The van der Waals surface area contributed by atoms with E-state index in [1.54, 1.807) is 11.8 Å². The van der Waals surface area contributed by atoms with E-state index < -0.39 is 0 Å². The number of benzene rings is 2. The Morgan fingerprint density at radius 2 is 1.60 bits per heavy atom. The van der Waals surface area contributed by atoms with Crippen molar-refractivity contribution in [1.29, 1.82) is 0 Å². The third-order valence-corrected chi connectivity index (χ3v) is 4.90. The first-order chi connectivity index (χ1) is 14.5. The van der Waals surface area contributed by atoms with E-state index in [-0.39, 0.29) is 12.0 Å². The molecule has 6 heteroatoms. The zero-order chi connectivity index (χ0) is 21.5. The Kier molecular flexibility index (Phi) is 6.91. The molecular weight excluding hydrogens is 378 g/mol. The highest BCUT2D eigenvalue weighted by Gasteiger charge is 2.22. The minimum atomic E-state index is -0.349. The number of nitrogens with zero attached hydrogens (tertiary/aromatic N) is 1. The lowest BCUT2D eigenvalue weighted by molar-refractivity contribution is 0.0525. The van der Waals surface area contributed by atoms with Crippen molar-refractivity contribution in [1.82, 2.24) is 9.88 Å². The first kappa shape index (κ1) is 21.2. The summed E-state index contributed by atoms with van der Waals surface area (Å²) in [4.78, 5) is 30.4. The average Bonchev–Trinajstić information content (AvgIpc) is 3.02. The Morgan fingerprint density at radius 1 is 0.967 bits per heavy atom. The zero-order valence-electron chi connectivity index (χ0n) is 17.6. The number of para-hydroxylation sites is 1. The molecule has 0 aliphatic carbocycles. The molecule has 3 aromatic rings. The molecule has 30 heavy (non-hydrogen) atoms. The van der Waals surface area contributed by atoms with Crippen molar-refractivity contribution in [3.8, 4) is 0 Å². The van der Waals surface area contributed by atoms with Crippen molar-refractivity contribution >= 4 is 17.7 Å². The summed E-state index contributed by atoms with van der Waals surface area (Å²) in [5, 5.41) is 2.95. The number of urea groups is 1. The fraction of sp³-hybridized carbons (Fsp3) is 0.250. The molecule has 0 aliphatic rings. The average molecular weight is 405 g/mol. The first-order valence-electron chi connectivity index (χ1n) is 9.99. The van der Waals surface area contributed by atoms with Crippen LogP contribution in [0.2, 0.25) is 0 Å². The Labute approximate surface area is 176 Å². The second kappa shape index (κ2) is 9.78. The molecule has 2 amide bonds. The molecule has 1 aromatic heterocycles. The van der Waals surface area contributed by atoms with Gasteiger partial charge in [0.15, 0.2) is 0 Å². The number of nitrogens with one attached hydrogen (secondary N) is 2. The predicted octanol–water partition coefficient (Wildman–Crippen LogP) is 5.04. The lowest BCUT2D eigenvalue weighted by atomic mass is 10.1. The smallest absolute Gasteiger partial charge is 0.340 e. The van der Waals surface area contributed by atoms with Crippen molar-refractivity contribution in [2.24, 2.45) is 0 Å². The molecule has 0 radical (unpaired) electrons. The highest BCUT2D eigenvalue weighted by molar-refractivity contribution is 5.93. The van der Waals surface area contributed by atoms with Gasteiger partial charge in [0.25, 0.3) is 0 Å². The second-order valence-electron chi connectivity index (χ2n) is 7.09. The summed E-state index contributed by atoms with van der Waals surface area (Å²) in [6.07, 6.45) is 0. The van der Waals surface area contributed by atoms with Gasteiger partial charge < -0.3 is 19.9 Å². The maximum Gasteiger partial charge on any atom is 0.340 e. The molecule has 0 unspecified atom stereocenters. The van der Waals surface area contributed by atoms with Crippen LogP contribution >= 0.6 is 0 Å². The number of aromatic amines is 1. The van der Waals surface area contributed by atoms with Gasteiger partial charge >= 0.3 is 12.0 Å². The van der Waals surface area contributed by atoms with Crippen molar-refractivity contribution in [3.63, 3.8) is 0 Å². The fourth-order valence-corrected chi connectivity index (χ4v) is 3.40. The molecule has 0 fully saturated rings. The molecule has 0 spiro atoms. The molecule has 0 aliphatic heterocycles. The summed E-state index contributed by atoms with van der Waals surface area (Å²) in [7, 11) is 0. The lowest BCUT2D eigenvalue weighted by Crippen LogP contribution is -2.34. The Hall–Kier alpha value is -3.54. The number of hydrogen-bond donors (Lipinski definition) is 2. The lowest BCUT2D eigenvalue weighted by Gasteiger charge is -2.23. The monoisotopic (exact) mass is 405 g/mol. The predicted molar refractivity (Wildman–Crippen MR) is 117 cm³/mol. The van der Waals surface area contributed by atoms with Gasteiger partial charge in [-0.05, 0) is 44.0 Å². The van der Waals surface area contributed by atoms with Crippen molar-refractivity contribution in [3.05, 3.63) is 88.7 Å². The van der Waals surface area contributed by atoms with Gasteiger partial charge in [-0.1, -0.05) is 48.5 Å². The standard InChI is InChI=1S/C24H27N3O3/c1-4-30-23(28)22-17(2)21(25-18(22)3)16-27(15-19-11-7-5-8-12-19)24(29)26-20-13-9-6-10-14-20/h5-14,25H,4,15-16H2,1-3H3,(H,26,29). The van der Waals surface area contributed by atoms with E-state index in [2.05, 4.69) is 10.3 Å². The van der Waals surface area contributed by atoms with Gasteiger partial charge in [0.05, 0.1) is 18.7 Å². The van der Waals surface area contributed by atoms with Crippen molar-refractivity contribution < 1.29 is 14.3 Å². The van der Waals surface area contributed by atoms with Gasteiger partial charge in [0.2, 0.25) is 0 Å². The third-order valence-electron chi connectivity index (χ3n) is 4.90. The van der Waals surface area contributed by atoms with Crippen molar-refractivity contribution in [2.75, 3.05) is 11.9 Å². The van der Waals surface area contributed by atoms with E-state index in [9.17, 15) is 9.59 Å². The van der Waals surface area contributed by atoms with Gasteiger partial charge in [0, 0.05) is 23.6 Å². The van der Waals surface area contributed by atoms with Crippen LogP contribution in [-0.2, 0) is 17.8 Å². The highest BCUT2D eigenvalue weighted by atomic mass is 16.5.